The Morgan fingerprint density at radius 1 is 1.53 bits per heavy atom. The Kier molecular flexibility index (Phi) is 4.16. The third-order valence-electron chi connectivity index (χ3n) is 2.52. The molecule has 0 aliphatic rings. The van der Waals surface area contributed by atoms with Crippen LogP contribution < -0.4 is 5.32 Å². The van der Waals surface area contributed by atoms with Crippen LogP contribution in [0.4, 0.5) is 10.1 Å². The van der Waals surface area contributed by atoms with E-state index in [1.165, 1.54) is 23.9 Å². The number of hydrogen-bond acceptors (Lipinski definition) is 4. The Bertz CT molecular complexity index is 573. The summed E-state index contributed by atoms with van der Waals surface area (Å²) in [6, 6.07) is 4.29. The molecule has 2 rings (SSSR count). The summed E-state index contributed by atoms with van der Waals surface area (Å²) in [7, 11) is 0. The number of hydrogen-bond donors (Lipinski definition) is 2. The van der Waals surface area contributed by atoms with Crippen LogP contribution in [0.25, 0.3) is 0 Å². The van der Waals surface area contributed by atoms with Crippen molar-refractivity contribution in [2.75, 3.05) is 5.32 Å². The first-order chi connectivity index (χ1) is 9.06. The molecular weight excluding hydrogens is 267 g/mol. The average molecular weight is 280 g/mol. The first-order valence-corrected chi connectivity index (χ1v) is 6.53. The Morgan fingerprint density at radius 2 is 2.32 bits per heavy atom. The van der Waals surface area contributed by atoms with Crippen LogP contribution in [0, 0.1) is 12.7 Å². The summed E-state index contributed by atoms with van der Waals surface area (Å²) in [5, 5.41) is 13.0. The molecule has 0 fully saturated rings. The number of nitrogens with one attached hydrogen (secondary N) is 2. The fourth-order valence-corrected chi connectivity index (χ4v) is 2.18. The van der Waals surface area contributed by atoms with Crippen LogP contribution in [-0.4, -0.2) is 26.6 Å². The molecule has 100 valence electrons. The van der Waals surface area contributed by atoms with Gasteiger partial charge in [-0.2, -0.15) is 10.3 Å². The van der Waals surface area contributed by atoms with Crippen LogP contribution in [0.2, 0.25) is 0 Å². The normalized spacial score (nSPS) is 12.2. The van der Waals surface area contributed by atoms with Crippen molar-refractivity contribution in [1.82, 2.24) is 15.4 Å². The number of halogens is 1. The van der Waals surface area contributed by atoms with Gasteiger partial charge in [0.25, 0.3) is 0 Å². The number of benzene rings is 1. The number of amides is 1. The van der Waals surface area contributed by atoms with E-state index in [1.54, 1.807) is 19.2 Å². The molecule has 1 aromatic heterocycles. The van der Waals surface area contributed by atoms with Crippen molar-refractivity contribution in [3.05, 3.63) is 35.8 Å². The second-order valence-electron chi connectivity index (χ2n) is 4.02. The molecule has 19 heavy (non-hydrogen) atoms. The molecule has 2 aromatic rings. The number of anilines is 1. The molecule has 1 atom stereocenters. The molecule has 0 spiro atoms. The highest BCUT2D eigenvalue weighted by Crippen LogP contribution is 2.22. The fraction of sp³-hybridized carbons (Fsp3) is 0.250. The largest absolute Gasteiger partial charge is 0.325 e. The van der Waals surface area contributed by atoms with E-state index in [0.717, 1.165) is 5.56 Å². The van der Waals surface area contributed by atoms with Gasteiger partial charge >= 0.3 is 0 Å². The van der Waals surface area contributed by atoms with Crippen molar-refractivity contribution in [2.45, 2.75) is 24.1 Å². The van der Waals surface area contributed by atoms with Gasteiger partial charge in [-0.05, 0) is 31.5 Å². The molecule has 2 N–H and O–H groups in total. The highest BCUT2D eigenvalue weighted by molar-refractivity contribution is 8.00. The Labute approximate surface area is 114 Å². The summed E-state index contributed by atoms with van der Waals surface area (Å²) in [4.78, 5) is 12.0. The van der Waals surface area contributed by atoms with Crippen molar-refractivity contribution < 1.29 is 9.18 Å². The minimum atomic E-state index is -0.377. The lowest BCUT2D eigenvalue weighted by Gasteiger charge is -2.12. The molecule has 1 heterocycles. The molecule has 0 bridgehead atoms. The van der Waals surface area contributed by atoms with Crippen molar-refractivity contribution in [2.24, 2.45) is 0 Å². The van der Waals surface area contributed by atoms with Gasteiger partial charge in [0, 0.05) is 5.69 Å². The van der Waals surface area contributed by atoms with E-state index in [2.05, 4.69) is 20.7 Å². The van der Waals surface area contributed by atoms with Crippen LogP contribution in [0.5, 0.6) is 0 Å². The summed E-state index contributed by atoms with van der Waals surface area (Å²) in [5.74, 6) is -0.584. The number of H-pyrrole nitrogens is 1. The second-order valence-corrected chi connectivity index (χ2v) is 5.38. The van der Waals surface area contributed by atoms with Crippen molar-refractivity contribution >= 4 is 23.4 Å². The van der Waals surface area contributed by atoms with E-state index in [-0.39, 0.29) is 17.0 Å². The zero-order valence-electron chi connectivity index (χ0n) is 10.5. The standard InChI is InChI=1S/C12H13FN4OS/c1-7-3-4-9(13)5-10(7)15-12(18)8(2)19-11-6-14-17-16-11/h3-6,8H,1-2H3,(H,15,18)(H,14,16,17)/t8-/m0/s1. The van der Waals surface area contributed by atoms with E-state index in [9.17, 15) is 9.18 Å². The Balaban J connectivity index is 2.02. The van der Waals surface area contributed by atoms with Gasteiger partial charge in [0.15, 0.2) is 0 Å². The van der Waals surface area contributed by atoms with Gasteiger partial charge in [0.2, 0.25) is 5.91 Å². The number of aromatic nitrogens is 3. The fourth-order valence-electron chi connectivity index (χ4n) is 1.45. The molecule has 5 nitrogen and oxygen atoms in total. The van der Waals surface area contributed by atoms with Gasteiger partial charge in [0.1, 0.15) is 10.8 Å². The summed E-state index contributed by atoms with van der Waals surface area (Å²) < 4.78 is 13.1. The summed E-state index contributed by atoms with van der Waals surface area (Å²) in [6.45, 7) is 3.56. The molecular formula is C12H13FN4OS. The maximum atomic E-state index is 13.1. The molecule has 1 aromatic carbocycles. The average Bonchev–Trinajstić information content (AvgIpc) is 2.86. The van der Waals surface area contributed by atoms with E-state index in [4.69, 9.17) is 0 Å². The van der Waals surface area contributed by atoms with Crippen molar-refractivity contribution in [3.8, 4) is 0 Å². The molecule has 1 amide bonds. The number of thioether (sulfide) groups is 1. The summed E-state index contributed by atoms with van der Waals surface area (Å²) >= 11 is 1.28. The quantitative estimate of drug-likeness (QED) is 0.843. The Hall–Kier alpha value is -1.89. The van der Waals surface area contributed by atoms with Gasteiger partial charge < -0.3 is 5.32 Å². The number of carbonyl (C=O) groups excluding carboxylic acids is 1. The highest BCUT2D eigenvalue weighted by Gasteiger charge is 2.16. The number of nitrogens with zero attached hydrogens (tertiary/aromatic N) is 2. The summed E-state index contributed by atoms with van der Waals surface area (Å²) in [6.07, 6.45) is 1.54. The minimum absolute atomic E-state index is 0.207. The molecule has 0 aliphatic carbocycles. The van der Waals surface area contributed by atoms with Crippen LogP contribution in [-0.2, 0) is 4.79 Å². The lowest BCUT2D eigenvalue weighted by Crippen LogP contribution is -2.22. The highest BCUT2D eigenvalue weighted by atomic mass is 32.2. The van der Waals surface area contributed by atoms with Crippen molar-refractivity contribution in [1.29, 1.82) is 0 Å². The van der Waals surface area contributed by atoms with Crippen LogP contribution >= 0.6 is 11.8 Å². The topological polar surface area (TPSA) is 70.7 Å². The first-order valence-electron chi connectivity index (χ1n) is 5.65. The van der Waals surface area contributed by atoms with Gasteiger partial charge in [-0.1, -0.05) is 17.8 Å². The molecule has 0 saturated carbocycles. The van der Waals surface area contributed by atoms with Crippen LogP contribution in [0.3, 0.4) is 0 Å². The predicted molar refractivity (Wildman–Crippen MR) is 71.5 cm³/mol. The second kappa shape index (κ2) is 5.83. The molecule has 0 aliphatic heterocycles. The number of aromatic amines is 1. The molecule has 0 saturated heterocycles. The van der Waals surface area contributed by atoms with Gasteiger partial charge in [-0.25, -0.2) is 4.39 Å². The zero-order valence-corrected chi connectivity index (χ0v) is 11.3. The van der Waals surface area contributed by atoms with Crippen LogP contribution in [0.15, 0.2) is 29.4 Å². The predicted octanol–water partition coefficient (Wildman–Crippen LogP) is 2.37. The molecule has 7 heteroatoms. The molecule has 0 radical (unpaired) electrons. The van der Waals surface area contributed by atoms with Gasteiger partial charge in [0.05, 0.1) is 11.4 Å². The first kappa shape index (κ1) is 13.5. The minimum Gasteiger partial charge on any atom is -0.325 e. The van der Waals surface area contributed by atoms with Gasteiger partial charge in [-0.15, -0.1) is 5.10 Å². The smallest absolute Gasteiger partial charge is 0.237 e. The van der Waals surface area contributed by atoms with Gasteiger partial charge in [-0.3, -0.25) is 4.79 Å². The van der Waals surface area contributed by atoms with Crippen molar-refractivity contribution in [3.63, 3.8) is 0 Å². The third-order valence-corrected chi connectivity index (χ3v) is 3.52. The SMILES string of the molecule is Cc1ccc(F)cc1NC(=O)[C@H](C)Sc1cn[nH]n1. The number of carbonyl (C=O) groups is 1. The van der Waals surface area contributed by atoms with E-state index in [1.807, 2.05) is 6.92 Å². The molecule has 0 unspecified atom stereocenters. The maximum Gasteiger partial charge on any atom is 0.237 e. The number of aryl methyl sites for hydroxylation is 1. The third kappa shape index (κ3) is 3.54. The lowest BCUT2D eigenvalue weighted by atomic mass is 10.2. The number of rotatable bonds is 4. The maximum absolute atomic E-state index is 13.1. The zero-order chi connectivity index (χ0) is 13.8. The Morgan fingerprint density at radius 3 is 3.00 bits per heavy atom. The van der Waals surface area contributed by atoms with E-state index >= 15 is 0 Å². The van der Waals surface area contributed by atoms with E-state index in [0.29, 0.717) is 10.7 Å². The van der Waals surface area contributed by atoms with Crippen LogP contribution in [0.1, 0.15) is 12.5 Å². The lowest BCUT2D eigenvalue weighted by molar-refractivity contribution is -0.115. The van der Waals surface area contributed by atoms with E-state index < -0.39 is 0 Å². The monoisotopic (exact) mass is 280 g/mol. The summed E-state index contributed by atoms with van der Waals surface area (Å²) in [5.41, 5.74) is 1.30.